The molecule has 0 radical (unpaired) electrons. The van der Waals surface area contributed by atoms with E-state index in [9.17, 15) is 0 Å². The summed E-state index contributed by atoms with van der Waals surface area (Å²) in [6, 6.07) is 2.16. The molecule has 12 heavy (non-hydrogen) atoms. The Morgan fingerprint density at radius 1 is 1.42 bits per heavy atom. The van der Waals surface area contributed by atoms with Gasteiger partial charge in [0.05, 0.1) is 0 Å². The average molecular weight is 205 g/mol. The normalized spacial score (nSPS) is 10.9. The molecule has 1 rings (SSSR count). The molecule has 0 bridgehead atoms. The zero-order valence-electron chi connectivity index (χ0n) is 7.73. The summed E-state index contributed by atoms with van der Waals surface area (Å²) in [6.07, 6.45) is 0. The highest BCUT2D eigenvalue weighted by Gasteiger charge is 2.07. The van der Waals surface area contributed by atoms with Crippen molar-refractivity contribution in [3.8, 4) is 0 Å². The molecule has 1 aromatic rings. The van der Waals surface area contributed by atoms with E-state index in [1.807, 2.05) is 0 Å². The van der Waals surface area contributed by atoms with Crippen molar-refractivity contribution in [2.45, 2.75) is 32.9 Å². The minimum Gasteiger partial charge on any atom is -1.00 e. The molecule has 70 valence electrons. The third-order valence-electron chi connectivity index (χ3n) is 1.40. The molecule has 0 aliphatic heterocycles. The predicted molar refractivity (Wildman–Crippen MR) is 50.9 cm³/mol. The second-order valence-corrected chi connectivity index (χ2v) is 4.52. The van der Waals surface area contributed by atoms with Crippen LogP contribution in [0, 0.1) is 0 Å². The monoisotopic (exact) mass is 204 g/mol. The Balaban J connectivity index is 0.00000121. The molecule has 3 heteroatoms. The molecule has 0 aliphatic carbocycles. The number of thiophene rings is 1. The van der Waals surface area contributed by atoms with Gasteiger partial charge in [-0.05, 0) is 43.2 Å². The van der Waals surface area contributed by atoms with Crippen LogP contribution in [0.4, 0.5) is 0 Å². The zero-order valence-corrected chi connectivity index (χ0v) is 9.30. The van der Waals surface area contributed by atoms with Gasteiger partial charge in [-0.3, -0.25) is 0 Å². The van der Waals surface area contributed by atoms with Crippen molar-refractivity contribution in [3.63, 3.8) is 0 Å². The summed E-state index contributed by atoms with van der Waals surface area (Å²) in [5, 5.41) is 7.72. The van der Waals surface area contributed by atoms with Crippen molar-refractivity contribution in [2.24, 2.45) is 0 Å². The zero-order chi connectivity index (χ0) is 8.32. The molecule has 0 aliphatic rings. The highest BCUT2D eigenvalue weighted by atomic mass is 35.5. The lowest BCUT2D eigenvalue weighted by molar-refractivity contribution is -0.00000299. The van der Waals surface area contributed by atoms with Crippen LogP contribution < -0.4 is 17.7 Å². The van der Waals surface area contributed by atoms with Gasteiger partial charge in [0.15, 0.2) is 0 Å². The highest BCUT2D eigenvalue weighted by molar-refractivity contribution is 7.07. The van der Waals surface area contributed by atoms with Crippen LogP contribution in [0.2, 0.25) is 0 Å². The fraction of sp³-hybridized carbons (Fsp3) is 0.556. The summed E-state index contributed by atoms with van der Waals surface area (Å²) in [4.78, 5) is 0. The van der Waals surface area contributed by atoms with Crippen LogP contribution in [0.25, 0.3) is 0 Å². The van der Waals surface area contributed by atoms with Gasteiger partial charge in [0.2, 0.25) is 0 Å². The number of hydrogen-bond acceptors (Lipinski definition) is 2. The lowest BCUT2D eigenvalue weighted by atomic mass is 10.1. The lowest BCUT2D eigenvalue weighted by Gasteiger charge is -2.19. The van der Waals surface area contributed by atoms with Crippen molar-refractivity contribution in [3.05, 3.63) is 22.4 Å². The van der Waals surface area contributed by atoms with Crippen LogP contribution in [0.1, 0.15) is 26.3 Å². The Hall–Kier alpha value is -0.0500. The van der Waals surface area contributed by atoms with E-state index in [4.69, 9.17) is 0 Å². The van der Waals surface area contributed by atoms with Crippen molar-refractivity contribution in [1.29, 1.82) is 0 Å². The first-order valence-electron chi connectivity index (χ1n) is 3.84. The Morgan fingerprint density at radius 2 is 2.08 bits per heavy atom. The predicted octanol–water partition coefficient (Wildman–Crippen LogP) is -0.360. The smallest absolute Gasteiger partial charge is 0.0218 e. The first kappa shape index (κ1) is 11.9. The molecule has 1 nitrogen and oxygen atoms in total. The maximum Gasteiger partial charge on any atom is 0.0218 e. The molecule has 0 fully saturated rings. The highest BCUT2D eigenvalue weighted by Crippen LogP contribution is 2.07. The van der Waals surface area contributed by atoms with Crippen molar-refractivity contribution < 1.29 is 12.4 Å². The van der Waals surface area contributed by atoms with E-state index in [1.54, 1.807) is 11.3 Å². The number of halogens is 1. The van der Waals surface area contributed by atoms with E-state index in [0.29, 0.717) is 0 Å². The second-order valence-electron chi connectivity index (χ2n) is 3.74. The van der Waals surface area contributed by atoms with Gasteiger partial charge in [0, 0.05) is 12.1 Å². The maximum atomic E-state index is 3.43. The van der Waals surface area contributed by atoms with Gasteiger partial charge in [0.25, 0.3) is 0 Å². The van der Waals surface area contributed by atoms with Crippen LogP contribution in [-0.4, -0.2) is 5.54 Å². The SMILES string of the molecule is CC(C)(C)NCc1ccsc1.[Cl-]. The molecule has 0 aromatic carbocycles. The summed E-state index contributed by atoms with van der Waals surface area (Å²) in [5.74, 6) is 0. The minimum absolute atomic E-state index is 0. The molecular formula is C9H15ClNS-. The van der Waals surface area contributed by atoms with E-state index in [-0.39, 0.29) is 17.9 Å². The van der Waals surface area contributed by atoms with Crippen molar-refractivity contribution in [1.82, 2.24) is 5.32 Å². The molecule has 0 spiro atoms. The molecule has 0 saturated heterocycles. The molecule has 0 atom stereocenters. The summed E-state index contributed by atoms with van der Waals surface area (Å²) < 4.78 is 0. The molecule has 0 unspecified atom stereocenters. The first-order chi connectivity index (χ1) is 5.08. The summed E-state index contributed by atoms with van der Waals surface area (Å²) in [6.45, 7) is 7.52. The fourth-order valence-electron chi connectivity index (χ4n) is 0.760. The number of hydrogen-bond donors (Lipinski definition) is 1. The molecule has 0 saturated carbocycles. The van der Waals surface area contributed by atoms with Crippen LogP contribution in [0.3, 0.4) is 0 Å². The van der Waals surface area contributed by atoms with Crippen LogP contribution >= 0.6 is 11.3 Å². The van der Waals surface area contributed by atoms with Gasteiger partial charge in [-0.25, -0.2) is 0 Å². The van der Waals surface area contributed by atoms with Crippen LogP contribution in [0.5, 0.6) is 0 Å². The number of rotatable bonds is 2. The van der Waals surface area contributed by atoms with Crippen LogP contribution in [0.15, 0.2) is 16.8 Å². The average Bonchev–Trinajstić information content (AvgIpc) is 2.32. The van der Waals surface area contributed by atoms with Crippen molar-refractivity contribution >= 4 is 11.3 Å². The van der Waals surface area contributed by atoms with E-state index in [1.165, 1.54) is 5.56 Å². The van der Waals surface area contributed by atoms with Crippen molar-refractivity contribution in [2.75, 3.05) is 0 Å². The summed E-state index contributed by atoms with van der Waals surface area (Å²) >= 11 is 1.75. The molecule has 1 N–H and O–H groups in total. The Morgan fingerprint density at radius 3 is 2.50 bits per heavy atom. The van der Waals surface area contributed by atoms with E-state index in [2.05, 4.69) is 42.9 Å². The Labute approximate surface area is 84.6 Å². The third-order valence-corrected chi connectivity index (χ3v) is 2.13. The van der Waals surface area contributed by atoms with Crippen LogP contribution in [-0.2, 0) is 6.54 Å². The van der Waals surface area contributed by atoms with E-state index >= 15 is 0 Å². The minimum atomic E-state index is 0. The second kappa shape index (κ2) is 4.85. The first-order valence-corrected chi connectivity index (χ1v) is 4.78. The molecular weight excluding hydrogens is 190 g/mol. The summed E-state index contributed by atoms with van der Waals surface area (Å²) in [5.41, 5.74) is 1.60. The molecule has 1 aromatic heterocycles. The van der Waals surface area contributed by atoms with E-state index < -0.39 is 0 Å². The number of nitrogens with one attached hydrogen (secondary N) is 1. The van der Waals surface area contributed by atoms with Gasteiger partial charge < -0.3 is 17.7 Å². The van der Waals surface area contributed by atoms with Gasteiger partial charge in [0.1, 0.15) is 0 Å². The van der Waals surface area contributed by atoms with Gasteiger partial charge in [-0.2, -0.15) is 11.3 Å². The summed E-state index contributed by atoms with van der Waals surface area (Å²) in [7, 11) is 0. The standard InChI is InChI=1S/C9H15NS.ClH/c1-9(2,3)10-6-8-4-5-11-7-8;/h4-5,7,10H,6H2,1-3H3;1H/p-1. The Kier molecular flexibility index (Phi) is 4.83. The van der Waals surface area contributed by atoms with E-state index in [0.717, 1.165) is 6.54 Å². The topological polar surface area (TPSA) is 12.0 Å². The Bertz CT molecular complexity index is 201. The molecule has 0 amide bonds. The van der Waals surface area contributed by atoms with Gasteiger partial charge in [-0.1, -0.05) is 0 Å². The molecule has 1 heterocycles. The largest absolute Gasteiger partial charge is 1.00 e. The fourth-order valence-corrected chi connectivity index (χ4v) is 1.43. The quantitative estimate of drug-likeness (QED) is 0.694. The van der Waals surface area contributed by atoms with Gasteiger partial charge >= 0.3 is 0 Å². The third kappa shape index (κ3) is 4.75. The lowest BCUT2D eigenvalue weighted by Crippen LogP contribution is -3.00. The maximum absolute atomic E-state index is 3.43. The van der Waals surface area contributed by atoms with Gasteiger partial charge in [-0.15, -0.1) is 0 Å².